The summed E-state index contributed by atoms with van der Waals surface area (Å²) in [5, 5.41) is 0. The lowest BCUT2D eigenvalue weighted by molar-refractivity contribution is 0.150. The second kappa shape index (κ2) is 3.43. The summed E-state index contributed by atoms with van der Waals surface area (Å²) in [7, 11) is 1.96. The molecule has 1 aromatic rings. The molecule has 0 bridgehead atoms. The van der Waals surface area contributed by atoms with E-state index in [4.69, 9.17) is 0 Å². The molecule has 1 aliphatic carbocycles. The smallest absolute Gasteiger partial charge is 0.218 e. The highest BCUT2D eigenvalue weighted by Gasteiger charge is 2.38. The lowest BCUT2D eigenvalue weighted by Crippen LogP contribution is -2.47. The van der Waals surface area contributed by atoms with Crippen LogP contribution in [-0.2, 0) is 0 Å². The molecule has 0 radical (unpaired) electrons. The van der Waals surface area contributed by atoms with Crippen LogP contribution in [0.2, 0.25) is 0 Å². The topological polar surface area (TPSA) is 29.0 Å². The normalized spacial score (nSPS) is 19.7. The number of aromatic nitrogens is 2. The van der Waals surface area contributed by atoms with Gasteiger partial charge in [0.1, 0.15) is 12.1 Å². The number of anilines is 1. The highest BCUT2D eigenvalue weighted by molar-refractivity contribution is 5.38. The van der Waals surface area contributed by atoms with Crippen molar-refractivity contribution in [2.45, 2.75) is 32.7 Å². The summed E-state index contributed by atoms with van der Waals surface area (Å²) in [5.41, 5.74) is 0.421. The number of halogens is 1. The highest BCUT2D eigenvalue weighted by atomic mass is 19.1. The van der Waals surface area contributed by atoms with Gasteiger partial charge in [-0.15, -0.1) is 0 Å². The Hall–Kier alpha value is -1.19. The summed E-state index contributed by atoms with van der Waals surface area (Å²) in [6.07, 6.45) is 3.54. The molecule has 0 unspecified atom stereocenters. The lowest BCUT2D eigenvalue weighted by atomic mass is 9.68. The predicted octanol–water partition coefficient (Wildman–Crippen LogP) is 2.24. The first-order chi connectivity index (χ1) is 6.98. The zero-order valence-corrected chi connectivity index (χ0v) is 9.37. The lowest BCUT2D eigenvalue weighted by Gasteiger charge is -2.47. The van der Waals surface area contributed by atoms with E-state index in [2.05, 4.69) is 23.8 Å². The summed E-state index contributed by atoms with van der Waals surface area (Å²) in [6, 6.07) is 1.86. The molecular weight excluding hydrogens is 193 g/mol. The van der Waals surface area contributed by atoms with Gasteiger partial charge < -0.3 is 4.90 Å². The van der Waals surface area contributed by atoms with E-state index in [1.807, 2.05) is 11.9 Å². The van der Waals surface area contributed by atoms with Gasteiger partial charge in [0.05, 0.1) is 0 Å². The SMILES string of the molecule is CN(c1cc(F)ncn1)C1CC(C)(C)C1. The average Bonchev–Trinajstić information content (AvgIpc) is 2.13. The molecule has 0 atom stereocenters. The fourth-order valence-electron chi connectivity index (χ4n) is 2.19. The maximum absolute atomic E-state index is 12.9. The number of nitrogens with zero attached hydrogens (tertiary/aromatic N) is 3. The maximum Gasteiger partial charge on any atom is 0.218 e. The van der Waals surface area contributed by atoms with Crippen molar-refractivity contribution < 1.29 is 4.39 Å². The van der Waals surface area contributed by atoms with Crippen molar-refractivity contribution in [1.29, 1.82) is 0 Å². The van der Waals surface area contributed by atoms with Crippen LogP contribution < -0.4 is 4.90 Å². The van der Waals surface area contributed by atoms with E-state index in [1.54, 1.807) is 0 Å². The van der Waals surface area contributed by atoms with Crippen LogP contribution in [0, 0.1) is 11.4 Å². The Bertz CT molecular complexity index is 357. The third kappa shape index (κ3) is 2.08. The number of hydrogen-bond acceptors (Lipinski definition) is 3. The van der Waals surface area contributed by atoms with Crippen LogP contribution in [0.15, 0.2) is 12.4 Å². The second-order valence-corrected chi connectivity index (χ2v) is 5.04. The van der Waals surface area contributed by atoms with E-state index in [9.17, 15) is 4.39 Å². The summed E-state index contributed by atoms with van der Waals surface area (Å²) < 4.78 is 12.9. The first-order valence-corrected chi connectivity index (χ1v) is 5.18. The van der Waals surface area contributed by atoms with Crippen molar-refractivity contribution in [3.8, 4) is 0 Å². The predicted molar refractivity (Wildman–Crippen MR) is 57.2 cm³/mol. The van der Waals surface area contributed by atoms with Crippen molar-refractivity contribution in [2.24, 2.45) is 5.41 Å². The van der Waals surface area contributed by atoms with Crippen molar-refractivity contribution in [3.05, 3.63) is 18.3 Å². The average molecular weight is 209 g/mol. The van der Waals surface area contributed by atoms with Gasteiger partial charge in [0.15, 0.2) is 0 Å². The fourth-order valence-corrected chi connectivity index (χ4v) is 2.19. The molecular formula is C11H16FN3. The van der Waals surface area contributed by atoms with Crippen LogP contribution in [-0.4, -0.2) is 23.1 Å². The first-order valence-electron chi connectivity index (χ1n) is 5.18. The highest BCUT2D eigenvalue weighted by Crippen LogP contribution is 2.43. The summed E-state index contributed by atoms with van der Waals surface area (Å²) >= 11 is 0. The first kappa shape index (κ1) is 10.3. The van der Waals surface area contributed by atoms with E-state index < -0.39 is 5.95 Å². The Morgan fingerprint density at radius 3 is 2.60 bits per heavy atom. The summed E-state index contributed by atoms with van der Waals surface area (Å²) in [6.45, 7) is 4.50. The third-order valence-corrected chi connectivity index (χ3v) is 3.10. The van der Waals surface area contributed by atoms with Crippen molar-refractivity contribution in [3.63, 3.8) is 0 Å². The second-order valence-electron chi connectivity index (χ2n) is 5.04. The van der Waals surface area contributed by atoms with E-state index in [-0.39, 0.29) is 0 Å². The minimum Gasteiger partial charge on any atom is -0.356 e. The van der Waals surface area contributed by atoms with Crippen molar-refractivity contribution >= 4 is 5.82 Å². The van der Waals surface area contributed by atoms with Crippen LogP contribution in [0.5, 0.6) is 0 Å². The quantitative estimate of drug-likeness (QED) is 0.699. The number of rotatable bonds is 2. The van der Waals surface area contributed by atoms with Gasteiger partial charge >= 0.3 is 0 Å². The zero-order valence-electron chi connectivity index (χ0n) is 9.37. The molecule has 0 aromatic carbocycles. The minimum atomic E-state index is -0.467. The van der Waals surface area contributed by atoms with Crippen LogP contribution in [0.25, 0.3) is 0 Å². The molecule has 0 spiro atoms. The molecule has 1 heterocycles. The van der Waals surface area contributed by atoms with Gasteiger partial charge in [-0.1, -0.05) is 13.8 Å². The van der Waals surface area contributed by atoms with Crippen LogP contribution in [0.4, 0.5) is 10.2 Å². The largest absolute Gasteiger partial charge is 0.356 e. The van der Waals surface area contributed by atoms with Gasteiger partial charge in [-0.25, -0.2) is 9.97 Å². The van der Waals surface area contributed by atoms with E-state index in [0.717, 1.165) is 12.8 Å². The van der Waals surface area contributed by atoms with E-state index in [1.165, 1.54) is 12.4 Å². The fraction of sp³-hybridized carbons (Fsp3) is 0.636. The molecule has 1 aromatic heterocycles. The van der Waals surface area contributed by atoms with Gasteiger partial charge in [-0.05, 0) is 18.3 Å². The van der Waals surface area contributed by atoms with Crippen LogP contribution in [0.1, 0.15) is 26.7 Å². The van der Waals surface area contributed by atoms with Gasteiger partial charge in [-0.2, -0.15) is 4.39 Å². The molecule has 0 aliphatic heterocycles. The monoisotopic (exact) mass is 209 g/mol. The Labute approximate surface area is 89.3 Å². The Kier molecular flexibility index (Phi) is 2.37. The van der Waals surface area contributed by atoms with Crippen LogP contribution >= 0.6 is 0 Å². The third-order valence-electron chi connectivity index (χ3n) is 3.10. The molecule has 4 heteroatoms. The molecule has 1 fully saturated rings. The van der Waals surface area contributed by atoms with E-state index in [0.29, 0.717) is 17.3 Å². The summed E-state index contributed by atoms with van der Waals surface area (Å²) in [5.74, 6) is 0.202. The van der Waals surface area contributed by atoms with Crippen LogP contribution in [0.3, 0.4) is 0 Å². The van der Waals surface area contributed by atoms with E-state index >= 15 is 0 Å². The van der Waals surface area contributed by atoms with Gasteiger partial charge in [0, 0.05) is 19.2 Å². The summed E-state index contributed by atoms with van der Waals surface area (Å²) in [4.78, 5) is 9.55. The molecule has 3 nitrogen and oxygen atoms in total. The Balaban J connectivity index is 2.06. The Morgan fingerprint density at radius 2 is 2.07 bits per heavy atom. The van der Waals surface area contributed by atoms with Crippen molar-refractivity contribution in [2.75, 3.05) is 11.9 Å². The molecule has 1 saturated carbocycles. The van der Waals surface area contributed by atoms with Gasteiger partial charge in [0.25, 0.3) is 0 Å². The molecule has 15 heavy (non-hydrogen) atoms. The molecule has 2 rings (SSSR count). The Morgan fingerprint density at radius 1 is 1.40 bits per heavy atom. The van der Waals surface area contributed by atoms with Crippen molar-refractivity contribution in [1.82, 2.24) is 9.97 Å². The number of hydrogen-bond donors (Lipinski definition) is 0. The van der Waals surface area contributed by atoms with Gasteiger partial charge in [-0.3, -0.25) is 0 Å². The van der Waals surface area contributed by atoms with Gasteiger partial charge in [0.2, 0.25) is 5.95 Å². The molecule has 1 aliphatic rings. The molecule has 0 amide bonds. The zero-order chi connectivity index (χ0) is 11.1. The maximum atomic E-state index is 12.9. The molecule has 0 saturated heterocycles. The standard InChI is InChI=1S/C11H16FN3/c1-11(2)5-8(6-11)15(3)10-4-9(12)13-7-14-10/h4,7-8H,5-6H2,1-3H3. The molecule has 82 valence electrons. The molecule has 0 N–H and O–H groups in total. The minimum absolute atomic E-state index is 0.421.